The summed E-state index contributed by atoms with van der Waals surface area (Å²) in [6.45, 7) is 4.55. The van der Waals surface area contributed by atoms with Crippen molar-refractivity contribution in [2.24, 2.45) is 0 Å². The van der Waals surface area contributed by atoms with E-state index in [0.717, 1.165) is 103 Å². The molecular weight excluding hydrogens is 875 g/mol. The lowest BCUT2D eigenvalue weighted by atomic mass is 10.0. The van der Waals surface area contributed by atoms with Crippen molar-refractivity contribution in [3.8, 4) is 0 Å². The van der Waals surface area contributed by atoms with Gasteiger partial charge in [-0.15, -0.1) is 0 Å². The number of quaternary nitrogens is 1. The van der Waals surface area contributed by atoms with Gasteiger partial charge in [-0.3, -0.25) is 9.59 Å². The molecule has 0 rings (SSSR count). The first-order chi connectivity index (χ1) is 34.1. The molecule has 0 aliphatic carbocycles. The minimum absolute atomic E-state index is 0.144. The van der Waals surface area contributed by atoms with Gasteiger partial charge in [-0.25, -0.2) is 0 Å². The van der Waals surface area contributed by atoms with E-state index in [1.165, 1.54) is 89.9 Å². The summed E-state index contributed by atoms with van der Waals surface area (Å²) in [7, 11) is 5.91. The lowest BCUT2D eigenvalue weighted by Gasteiger charge is -2.26. The summed E-state index contributed by atoms with van der Waals surface area (Å²) < 4.78 is 22.6. The molecule has 402 valence electrons. The highest BCUT2D eigenvalue weighted by Gasteiger charge is 2.22. The number of carboxylic acids is 1. The fourth-order valence-corrected chi connectivity index (χ4v) is 7.54. The van der Waals surface area contributed by atoms with Crippen molar-refractivity contribution < 1.29 is 42.9 Å². The number of carbonyl (C=O) groups excluding carboxylic acids is 3. The Hall–Kier alpha value is -3.53. The van der Waals surface area contributed by atoms with E-state index < -0.39 is 24.3 Å². The van der Waals surface area contributed by atoms with Gasteiger partial charge in [0, 0.05) is 12.8 Å². The van der Waals surface area contributed by atoms with Crippen LogP contribution in [-0.4, -0.2) is 82.3 Å². The Morgan fingerprint density at radius 3 is 1.23 bits per heavy atom. The minimum Gasteiger partial charge on any atom is -0.545 e. The molecule has 0 radical (unpaired) electrons. The van der Waals surface area contributed by atoms with Gasteiger partial charge < -0.3 is 33.3 Å². The van der Waals surface area contributed by atoms with Gasteiger partial charge >= 0.3 is 11.9 Å². The van der Waals surface area contributed by atoms with E-state index in [1.54, 1.807) is 0 Å². The van der Waals surface area contributed by atoms with Crippen LogP contribution in [0, 0.1) is 0 Å². The third-order valence-corrected chi connectivity index (χ3v) is 11.9. The molecule has 0 aromatic rings. The number of allylic oxidation sites excluding steroid dienone is 14. The monoisotopic (exact) mass is 980 g/mol. The number of carbonyl (C=O) groups is 3. The summed E-state index contributed by atoms with van der Waals surface area (Å²) in [6.07, 6.45) is 65.1. The number of hydrogen-bond acceptors (Lipinski definition) is 8. The molecule has 0 fully saturated rings. The van der Waals surface area contributed by atoms with Gasteiger partial charge in [-0.1, -0.05) is 214 Å². The third kappa shape index (κ3) is 52.3. The molecule has 0 saturated heterocycles. The molecule has 0 bridgehead atoms. The lowest BCUT2D eigenvalue weighted by Crippen LogP contribution is -2.44. The zero-order valence-electron chi connectivity index (χ0n) is 45.6. The lowest BCUT2D eigenvalue weighted by molar-refractivity contribution is -0.870. The van der Waals surface area contributed by atoms with E-state index in [4.69, 9.17) is 18.9 Å². The van der Waals surface area contributed by atoms with Crippen molar-refractivity contribution in [1.82, 2.24) is 0 Å². The number of carboxylic acid groups (broad SMARTS) is 1. The van der Waals surface area contributed by atoms with Gasteiger partial charge in [0.2, 0.25) is 0 Å². The number of ether oxygens (including phenoxy) is 4. The molecule has 0 aromatic heterocycles. The van der Waals surface area contributed by atoms with Crippen LogP contribution in [-0.2, 0) is 33.3 Å². The minimum atomic E-state index is -1.62. The van der Waals surface area contributed by atoms with Gasteiger partial charge in [0.1, 0.15) is 13.2 Å². The quantitative estimate of drug-likeness (QED) is 0.0195. The third-order valence-electron chi connectivity index (χ3n) is 11.9. The maximum absolute atomic E-state index is 12.8. The predicted octanol–water partition coefficient (Wildman–Crippen LogP) is 15.1. The Kier molecular flexibility index (Phi) is 49.2. The van der Waals surface area contributed by atoms with Crippen LogP contribution in [0.2, 0.25) is 0 Å². The van der Waals surface area contributed by atoms with Gasteiger partial charge in [0.25, 0.3) is 0 Å². The second kappa shape index (κ2) is 51.8. The Morgan fingerprint density at radius 1 is 0.443 bits per heavy atom. The molecule has 2 unspecified atom stereocenters. The normalized spacial score (nSPS) is 13.4. The molecule has 0 spiro atoms. The highest BCUT2D eigenvalue weighted by molar-refractivity contribution is 5.70. The number of nitrogens with zero attached hydrogens (tertiary/aromatic N) is 1. The van der Waals surface area contributed by atoms with Crippen molar-refractivity contribution in [3.05, 3.63) is 85.1 Å². The van der Waals surface area contributed by atoms with E-state index in [0.29, 0.717) is 17.4 Å². The number of hydrogen-bond donors (Lipinski definition) is 0. The summed E-state index contributed by atoms with van der Waals surface area (Å²) >= 11 is 0. The zero-order chi connectivity index (χ0) is 51.3. The van der Waals surface area contributed by atoms with Crippen LogP contribution < -0.4 is 5.11 Å². The maximum Gasteiger partial charge on any atom is 0.306 e. The average Bonchev–Trinajstić information content (AvgIpc) is 3.33. The van der Waals surface area contributed by atoms with Crippen molar-refractivity contribution >= 4 is 17.9 Å². The van der Waals surface area contributed by atoms with Crippen LogP contribution in [0.25, 0.3) is 0 Å². The van der Waals surface area contributed by atoms with E-state index in [1.807, 2.05) is 21.1 Å². The van der Waals surface area contributed by atoms with E-state index in [-0.39, 0.29) is 38.6 Å². The maximum atomic E-state index is 12.8. The highest BCUT2D eigenvalue weighted by Crippen LogP contribution is 2.16. The summed E-state index contributed by atoms with van der Waals surface area (Å²) in [5.74, 6) is -2.30. The van der Waals surface area contributed by atoms with Gasteiger partial charge in [-0.05, 0) is 83.5 Å². The summed E-state index contributed by atoms with van der Waals surface area (Å²) in [5.41, 5.74) is 0. The second-order valence-corrected chi connectivity index (χ2v) is 19.8. The molecule has 0 amide bonds. The molecular formula is C61H105NO8. The largest absolute Gasteiger partial charge is 0.545 e. The molecule has 0 N–H and O–H groups in total. The van der Waals surface area contributed by atoms with Crippen molar-refractivity contribution in [1.29, 1.82) is 0 Å². The van der Waals surface area contributed by atoms with Crippen molar-refractivity contribution in [2.75, 3.05) is 47.5 Å². The number of esters is 2. The van der Waals surface area contributed by atoms with Crippen LogP contribution in [0.15, 0.2) is 85.1 Å². The fourth-order valence-electron chi connectivity index (χ4n) is 7.54. The fraction of sp³-hybridized carbons (Fsp3) is 0.721. The number of rotatable bonds is 51. The van der Waals surface area contributed by atoms with Crippen LogP contribution in [0.3, 0.4) is 0 Å². The van der Waals surface area contributed by atoms with E-state index in [2.05, 4.69) is 98.9 Å². The van der Waals surface area contributed by atoms with Crippen molar-refractivity contribution in [2.45, 2.75) is 238 Å². The standard InChI is InChI=1S/C61H105NO8/c1-6-8-10-12-14-16-18-19-20-21-22-23-24-25-26-27-28-29-30-31-32-33-34-35-36-37-38-39-40-41-42-44-46-48-50-52-59(64)70-57(56-69-61(60(65)66)67-54-53-62(3,4)5)55-68-58(63)51-49-47-45-43-17-15-13-11-9-7-2/h8,10-11,13-14,16,19-20,22-23,25-26,28-29,57,61H,6-7,9,12,15,17-18,21,24,27,30-56H2,1-5H3/b10-8-,13-11-,16-14-,20-19-,23-22-,26-25-,29-28-. The topological polar surface area (TPSA) is 111 Å². The SMILES string of the molecule is CC/C=C\C/C=C\C/C=C\C/C=C\C/C=C\C/C=C\CCCCCCCCCCCCCCCCCCC(=O)OC(COC(=O)CCCCCCC/C=C\CCC)COC(OCC[N+](C)(C)C)C(=O)[O-]. The van der Waals surface area contributed by atoms with Gasteiger partial charge in [-0.2, -0.15) is 0 Å². The van der Waals surface area contributed by atoms with Crippen molar-refractivity contribution in [3.63, 3.8) is 0 Å². The second-order valence-electron chi connectivity index (χ2n) is 19.8. The molecule has 0 aliphatic heterocycles. The summed E-state index contributed by atoms with van der Waals surface area (Å²) in [5, 5.41) is 11.7. The Labute approximate surface area is 430 Å². The first-order valence-corrected chi connectivity index (χ1v) is 28.2. The molecule has 0 saturated carbocycles. The van der Waals surface area contributed by atoms with Crippen LogP contribution in [0.1, 0.15) is 226 Å². The van der Waals surface area contributed by atoms with Crippen LogP contribution in [0.4, 0.5) is 0 Å². The molecule has 2 atom stereocenters. The molecule has 9 nitrogen and oxygen atoms in total. The Morgan fingerprint density at radius 2 is 0.814 bits per heavy atom. The Balaban J connectivity index is 4.05. The molecule has 9 heteroatoms. The Bertz CT molecular complexity index is 1420. The molecule has 0 aromatic carbocycles. The van der Waals surface area contributed by atoms with Gasteiger partial charge in [0.05, 0.1) is 40.3 Å². The van der Waals surface area contributed by atoms with E-state index in [9.17, 15) is 19.5 Å². The smallest absolute Gasteiger partial charge is 0.306 e. The summed E-state index contributed by atoms with van der Waals surface area (Å²) in [4.78, 5) is 37.1. The average molecular weight is 981 g/mol. The first kappa shape index (κ1) is 66.5. The highest BCUT2D eigenvalue weighted by atomic mass is 16.7. The first-order valence-electron chi connectivity index (χ1n) is 28.2. The molecule has 70 heavy (non-hydrogen) atoms. The molecule has 0 heterocycles. The van der Waals surface area contributed by atoms with E-state index >= 15 is 0 Å². The number of aliphatic carboxylic acids is 1. The number of likely N-dealkylation sites (N-methyl/N-ethyl adjacent to an activating group) is 1. The zero-order valence-corrected chi connectivity index (χ0v) is 45.6. The molecule has 0 aliphatic rings. The predicted molar refractivity (Wildman–Crippen MR) is 292 cm³/mol. The summed E-state index contributed by atoms with van der Waals surface area (Å²) in [6, 6.07) is 0. The van der Waals surface area contributed by atoms with Crippen LogP contribution >= 0.6 is 0 Å². The van der Waals surface area contributed by atoms with Crippen LogP contribution in [0.5, 0.6) is 0 Å². The number of unbranched alkanes of at least 4 members (excludes halogenated alkanes) is 22. The van der Waals surface area contributed by atoms with Gasteiger partial charge in [0.15, 0.2) is 12.4 Å².